The molecule has 0 fully saturated rings. The van der Waals surface area contributed by atoms with Crippen LogP contribution < -0.4 is 5.32 Å². The molecule has 0 saturated heterocycles. The van der Waals surface area contributed by atoms with Gasteiger partial charge in [-0.2, -0.15) is 0 Å². The second-order valence-electron chi connectivity index (χ2n) is 2.97. The number of hydrogen-bond donors (Lipinski definition) is 1. The highest BCUT2D eigenvalue weighted by molar-refractivity contribution is 5.76. The van der Waals surface area contributed by atoms with E-state index >= 15 is 0 Å². The van der Waals surface area contributed by atoms with Gasteiger partial charge in [0.25, 0.3) is 0 Å². The molecule has 0 radical (unpaired) electrons. The lowest BCUT2D eigenvalue weighted by molar-refractivity contribution is -0.131. The lowest BCUT2D eigenvalue weighted by Gasteiger charge is -2.20. The van der Waals surface area contributed by atoms with Crippen LogP contribution in [0.25, 0.3) is 0 Å². The van der Waals surface area contributed by atoms with Crippen molar-refractivity contribution >= 4 is 5.91 Å². The summed E-state index contributed by atoms with van der Waals surface area (Å²) in [5.41, 5.74) is 0. The van der Waals surface area contributed by atoms with Gasteiger partial charge in [-0.05, 0) is 7.05 Å². The molecule has 1 amide bonds. The van der Waals surface area contributed by atoms with E-state index < -0.39 is 0 Å². The topological polar surface area (TPSA) is 41.6 Å². The van der Waals surface area contributed by atoms with Crippen molar-refractivity contribution in [3.63, 3.8) is 0 Å². The van der Waals surface area contributed by atoms with E-state index in [2.05, 4.69) is 11.9 Å². The van der Waals surface area contributed by atoms with E-state index in [9.17, 15) is 4.79 Å². The zero-order valence-corrected chi connectivity index (χ0v) is 9.08. The van der Waals surface area contributed by atoms with Crippen molar-refractivity contribution in [3.05, 3.63) is 12.7 Å². The maximum Gasteiger partial charge on any atom is 0.224 e. The van der Waals surface area contributed by atoms with E-state index in [1.807, 2.05) is 7.05 Å². The van der Waals surface area contributed by atoms with Gasteiger partial charge in [-0.25, -0.2) is 0 Å². The number of nitrogens with one attached hydrogen (secondary N) is 1. The molecule has 0 rings (SSSR count). The number of rotatable bonds is 8. The van der Waals surface area contributed by atoms with E-state index in [0.29, 0.717) is 32.7 Å². The highest BCUT2D eigenvalue weighted by Crippen LogP contribution is 1.94. The number of ether oxygens (including phenoxy) is 1. The maximum absolute atomic E-state index is 11.6. The third kappa shape index (κ3) is 5.72. The van der Waals surface area contributed by atoms with Gasteiger partial charge < -0.3 is 15.0 Å². The lowest BCUT2D eigenvalue weighted by atomic mass is 10.3. The first kappa shape index (κ1) is 13.1. The highest BCUT2D eigenvalue weighted by atomic mass is 16.5. The lowest BCUT2D eigenvalue weighted by Crippen LogP contribution is -2.35. The molecule has 0 aromatic heterocycles. The average molecular weight is 200 g/mol. The zero-order valence-electron chi connectivity index (χ0n) is 9.08. The number of methoxy groups -OCH3 is 1. The first-order chi connectivity index (χ1) is 6.76. The van der Waals surface area contributed by atoms with Gasteiger partial charge in [-0.15, -0.1) is 6.58 Å². The van der Waals surface area contributed by atoms with Crippen LogP contribution in [0.3, 0.4) is 0 Å². The molecule has 0 aromatic carbocycles. The fourth-order valence-electron chi connectivity index (χ4n) is 1.07. The quantitative estimate of drug-likeness (QED) is 0.571. The van der Waals surface area contributed by atoms with Crippen LogP contribution in [0.4, 0.5) is 0 Å². The Kier molecular flexibility index (Phi) is 8.17. The summed E-state index contributed by atoms with van der Waals surface area (Å²) in [5.74, 6) is 0.135. The van der Waals surface area contributed by atoms with E-state index in [4.69, 9.17) is 4.74 Å². The molecule has 0 bridgehead atoms. The Morgan fingerprint density at radius 3 is 2.86 bits per heavy atom. The molecule has 0 saturated carbocycles. The van der Waals surface area contributed by atoms with Crippen LogP contribution in [0, 0.1) is 0 Å². The first-order valence-electron chi connectivity index (χ1n) is 4.78. The summed E-state index contributed by atoms with van der Waals surface area (Å²) in [6.07, 6.45) is 2.25. The van der Waals surface area contributed by atoms with E-state index in [1.54, 1.807) is 18.1 Å². The normalized spacial score (nSPS) is 9.86. The number of amides is 1. The summed E-state index contributed by atoms with van der Waals surface area (Å²) in [4.78, 5) is 13.3. The molecule has 0 spiro atoms. The van der Waals surface area contributed by atoms with Gasteiger partial charge in [0.05, 0.1) is 6.61 Å². The molecule has 82 valence electrons. The van der Waals surface area contributed by atoms with Gasteiger partial charge in [0.1, 0.15) is 0 Å². The van der Waals surface area contributed by atoms with Crippen molar-refractivity contribution < 1.29 is 9.53 Å². The van der Waals surface area contributed by atoms with Gasteiger partial charge in [-0.1, -0.05) is 6.08 Å². The molecule has 0 atom stereocenters. The maximum atomic E-state index is 11.6. The molecule has 14 heavy (non-hydrogen) atoms. The Bertz CT molecular complexity index is 172. The standard InChI is InChI=1S/C10H20N2O2/c1-4-7-12(8-9-14-3)10(13)5-6-11-2/h4,11H,1,5-9H2,2-3H3. The van der Waals surface area contributed by atoms with Crippen molar-refractivity contribution in [2.45, 2.75) is 6.42 Å². The Balaban J connectivity index is 3.90. The van der Waals surface area contributed by atoms with Gasteiger partial charge in [0.15, 0.2) is 0 Å². The molecule has 0 aliphatic carbocycles. The van der Waals surface area contributed by atoms with Crippen LogP contribution in [0.1, 0.15) is 6.42 Å². The van der Waals surface area contributed by atoms with Crippen LogP contribution in [0.5, 0.6) is 0 Å². The Hall–Kier alpha value is -0.870. The molecule has 0 aromatic rings. The Morgan fingerprint density at radius 2 is 2.36 bits per heavy atom. The fourth-order valence-corrected chi connectivity index (χ4v) is 1.07. The SMILES string of the molecule is C=CCN(CCOC)C(=O)CCNC. The van der Waals surface area contributed by atoms with Crippen molar-refractivity contribution in [1.29, 1.82) is 0 Å². The average Bonchev–Trinajstić information content (AvgIpc) is 2.20. The van der Waals surface area contributed by atoms with Crippen LogP contribution in [0.15, 0.2) is 12.7 Å². The number of hydrogen-bond acceptors (Lipinski definition) is 3. The second kappa shape index (κ2) is 8.72. The minimum atomic E-state index is 0.135. The highest BCUT2D eigenvalue weighted by Gasteiger charge is 2.10. The third-order valence-corrected chi connectivity index (χ3v) is 1.86. The summed E-state index contributed by atoms with van der Waals surface area (Å²) < 4.78 is 4.93. The van der Waals surface area contributed by atoms with Crippen molar-refractivity contribution in [2.75, 3.05) is 40.4 Å². The summed E-state index contributed by atoms with van der Waals surface area (Å²) in [6, 6.07) is 0. The largest absolute Gasteiger partial charge is 0.383 e. The van der Waals surface area contributed by atoms with Crippen molar-refractivity contribution in [1.82, 2.24) is 10.2 Å². The van der Waals surface area contributed by atoms with E-state index in [0.717, 1.165) is 0 Å². The van der Waals surface area contributed by atoms with Gasteiger partial charge in [0, 0.05) is 33.2 Å². The monoisotopic (exact) mass is 200 g/mol. The second-order valence-corrected chi connectivity index (χ2v) is 2.97. The molecular formula is C10H20N2O2. The predicted octanol–water partition coefficient (Wildman–Crippen LogP) is 0.257. The van der Waals surface area contributed by atoms with Crippen LogP contribution >= 0.6 is 0 Å². The summed E-state index contributed by atoms with van der Waals surface area (Å²) in [6.45, 7) is 6.12. The van der Waals surface area contributed by atoms with Crippen molar-refractivity contribution in [3.8, 4) is 0 Å². The van der Waals surface area contributed by atoms with Gasteiger partial charge in [0.2, 0.25) is 5.91 Å². The van der Waals surface area contributed by atoms with Gasteiger partial charge >= 0.3 is 0 Å². The Morgan fingerprint density at radius 1 is 1.64 bits per heavy atom. The molecule has 4 heteroatoms. The summed E-state index contributed by atoms with van der Waals surface area (Å²) in [7, 11) is 3.46. The van der Waals surface area contributed by atoms with Crippen molar-refractivity contribution in [2.24, 2.45) is 0 Å². The molecule has 0 heterocycles. The number of carbonyl (C=O) groups excluding carboxylic acids is 1. The molecule has 4 nitrogen and oxygen atoms in total. The molecular weight excluding hydrogens is 180 g/mol. The minimum absolute atomic E-state index is 0.135. The third-order valence-electron chi connectivity index (χ3n) is 1.86. The van der Waals surface area contributed by atoms with E-state index in [1.165, 1.54) is 0 Å². The van der Waals surface area contributed by atoms with Crippen LogP contribution in [0.2, 0.25) is 0 Å². The van der Waals surface area contributed by atoms with Crippen LogP contribution in [-0.4, -0.2) is 51.2 Å². The summed E-state index contributed by atoms with van der Waals surface area (Å²) >= 11 is 0. The fraction of sp³-hybridized carbons (Fsp3) is 0.700. The van der Waals surface area contributed by atoms with Gasteiger partial charge in [-0.3, -0.25) is 4.79 Å². The number of carbonyl (C=O) groups is 1. The Labute approximate surface area is 85.9 Å². The number of nitrogens with zero attached hydrogens (tertiary/aromatic N) is 1. The smallest absolute Gasteiger partial charge is 0.224 e. The zero-order chi connectivity index (χ0) is 10.8. The molecule has 0 aliphatic rings. The summed E-state index contributed by atoms with van der Waals surface area (Å²) in [5, 5.41) is 2.95. The minimum Gasteiger partial charge on any atom is -0.383 e. The molecule has 0 unspecified atom stereocenters. The first-order valence-corrected chi connectivity index (χ1v) is 4.78. The molecule has 1 N–H and O–H groups in total. The van der Waals surface area contributed by atoms with E-state index in [-0.39, 0.29) is 5.91 Å². The molecule has 0 aliphatic heterocycles. The predicted molar refractivity (Wildman–Crippen MR) is 57.2 cm³/mol. The van der Waals surface area contributed by atoms with Crippen LogP contribution in [-0.2, 0) is 9.53 Å².